The summed E-state index contributed by atoms with van der Waals surface area (Å²) in [7, 11) is 0. The third kappa shape index (κ3) is 3.58. The maximum Gasteiger partial charge on any atom is 0.163 e. The van der Waals surface area contributed by atoms with Gasteiger partial charge in [0.05, 0.1) is 5.52 Å². The third-order valence-electron chi connectivity index (χ3n) is 5.21. The van der Waals surface area contributed by atoms with Gasteiger partial charge in [-0.3, -0.25) is 4.98 Å². The molecular weight excluding hydrogens is 364 g/mol. The maximum atomic E-state index is 4.86. The van der Waals surface area contributed by atoms with Crippen molar-refractivity contribution in [2.45, 2.75) is 25.3 Å². The zero-order valence-electron chi connectivity index (χ0n) is 15.5. The zero-order valence-corrected chi connectivity index (χ0v) is 16.5. The van der Waals surface area contributed by atoms with E-state index < -0.39 is 0 Å². The van der Waals surface area contributed by atoms with Gasteiger partial charge in [-0.05, 0) is 54.7 Å². The van der Waals surface area contributed by atoms with Crippen LogP contribution >= 0.6 is 13.5 Å². The number of aromatic nitrogens is 3. The first-order chi connectivity index (χ1) is 13.4. The second kappa shape index (κ2) is 7.98. The topological polar surface area (TPSA) is 50.7 Å². The summed E-state index contributed by atoms with van der Waals surface area (Å²) in [5.74, 6) is 1.62. The molecule has 2 aromatic heterocycles. The summed E-state index contributed by atoms with van der Waals surface area (Å²) in [6, 6.07) is 21.2. The molecule has 0 radical (unpaired) electrons. The third-order valence-corrected chi connectivity index (χ3v) is 5.21. The van der Waals surface area contributed by atoms with Crippen molar-refractivity contribution in [3.05, 3.63) is 84.2 Å². The number of pyridine rings is 1. The molecule has 1 aliphatic rings. The van der Waals surface area contributed by atoms with E-state index in [1.54, 1.807) is 6.20 Å². The smallest absolute Gasteiger partial charge is 0.163 e. The monoisotopic (exact) mass is 386 g/mol. The second-order valence-electron chi connectivity index (χ2n) is 7.01. The van der Waals surface area contributed by atoms with Crippen LogP contribution in [0.4, 0.5) is 5.82 Å². The van der Waals surface area contributed by atoms with Crippen LogP contribution < -0.4 is 5.32 Å². The quantitative estimate of drug-likeness (QED) is 0.551. The van der Waals surface area contributed by atoms with Gasteiger partial charge in [0, 0.05) is 29.4 Å². The molecule has 1 aliphatic carbocycles. The largest absolute Gasteiger partial charge is 0.366 e. The molecule has 4 nitrogen and oxygen atoms in total. The summed E-state index contributed by atoms with van der Waals surface area (Å²) in [5.41, 5.74) is 4.79. The van der Waals surface area contributed by atoms with Gasteiger partial charge in [0.25, 0.3) is 0 Å². The number of aryl methyl sites for hydroxylation is 1. The molecule has 0 amide bonds. The minimum absolute atomic E-state index is 0. The molecule has 1 atom stereocenters. The van der Waals surface area contributed by atoms with E-state index in [4.69, 9.17) is 9.97 Å². The van der Waals surface area contributed by atoms with Crippen molar-refractivity contribution in [1.29, 1.82) is 0 Å². The molecule has 28 heavy (non-hydrogen) atoms. The van der Waals surface area contributed by atoms with E-state index in [2.05, 4.69) is 40.6 Å². The van der Waals surface area contributed by atoms with Crippen LogP contribution in [0.3, 0.4) is 0 Å². The summed E-state index contributed by atoms with van der Waals surface area (Å²) in [6.07, 6.45) is 6.81. The van der Waals surface area contributed by atoms with Crippen LogP contribution in [0.25, 0.3) is 22.3 Å². The number of hydrogen-bond donors (Lipinski definition) is 1. The van der Waals surface area contributed by atoms with Crippen molar-refractivity contribution < 1.29 is 0 Å². The minimum atomic E-state index is 0. The molecule has 0 spiro atoms. The van der Waals surface area contributed by atoms with Crippen LogP contribution in [0, 0.1) is 0 Å². The van der Waals surface area contributed by atoms with Crippen LogP contribution in [0.2, 0.25) is 0 Å². The predicted octanol–water partition coefficient (Wildman–Crippen LogP) is 4.77. The van der Waals surface area contributed by atoms with Gasteiger partial charge in [0.15, 0.2) is 5.82 Å². The van der Waals surface area contributed by atoms with Crippen molar-refractivity contribution >= 4 is 30.2 Å². The minimum Gasteiger partial charge on any atom is -0.366 e. The molecule has 140 valence electrons. The Morgan fingerprint density at radius 2 is 1.68 bits per heavy atom. The van der Waals surface area contributed by atoms with Crippen molar-refractivity contribution in [3.63, 3.8) is 0 Å². The Bertz CT molecular complexity index is 1100. The molecule has 2 aromatic carbocycles. The number of benzene rings is 2. The Labute approximate surface area is 171 Å². The fourth-order valence-electron chi connectivity index (χ4n) is 3.83. The van der Waals surface area contributed by atoms with Gasteiger partial charge in [0.1, 0.15) is 5.82 Å². The highest BCUT2D eigenvalue weighted by atomic mass is 32.1. The summed E-state index contributed by atoms with van der Waals surface area (Å²) < 4.78 is 0. The Morgan fingerprint density at radius 1 is 0.857 bits per heavy atom. The predicted molar refractivity (Wildman–Crippen MR) is 119 cm³/mol. The van der Waals surface area contributed by atoms with E-state index >= 15 is 0 Å². The lowest BCUT2D eigenvalue weighted by Crippen LogP contribution is -2.28. The summed E-state index contributed by atoms with van der Waals surface area (Å²) >= 11 is 0. The van der Waals surface area contributed by atoms with Gasteiger partial charge < -0.3 is 5.32 Å². The first-order valence-corrected chi connectivity index (χ1v) is 9.37. The van der Waals surface area contributed by atoms with Crippen LogP contribution in [0.5, 0.6) is 0 Å². The van der Waals surface area contributed by atoms with E-state index in [9.17, 15) is 0 Å². The number of nitrogens with one attached hydrogen (secondary N) is 1. The summed E-state index contributed by atoms with van der Waals surface area (Å²) in [6.45, 7) is 0. The highest BCUT2D eigenvalue weighted by molar-refractivity contribution is 7.59. The summed E-state index contributed by atoms with van der Waals surface area (Å²) in [4.78, 5) is 13.8. The average molecular weight is 387 g/mol. The van der Waals surface area contributed by atoms with E-state index in [1.807, 2.05) is 36.5 Å². The maximum absolute atomic E-state index is 4.86. The SMILES string of the molecule is S.c1cncc(-c2nc(N[C@H]3CCc4ccccc4C3)c3ccccc3n2)c1. The Kier molecular flexibility index (Phi) is 5.26. The number of anilines is 1. The molecule has 5 rings (SSSR count). The molecule has 5 heteroatoms. The molecule has 4 aromatic rings. The Morgan fingerprint density at radius 3 is 2.54 bits per heavy atom. The fourth-order valence-corrected chi connectivity index (χ4v) is 3.83. The molecule has 1 N–H and O–H groups in total. The van der Waals surface area contributed by atoms with E-state index in [-0.39, 0.29) is 13.5 Å². The Balaban J connectivity index is 0.00000192. The van der Waals surface area contributed by atoms with E-state index in [0.29, 0.717) is 11.9 Å². The lowest BCUT2D eigenvalue weighted by atomic mass is 9.88. The molecule has 0 saturated heterocycles. The molecule has 0 saturated carbocycles. The molecule has 0 unspecified atom stereocenters. The number of hydrogen-bond acceptors (Lipinski definition) is 4. The normalized spacial score (nSPS) is 15.5. The standard InChI is InChI=1S/C23H20N4.H2S/c1-2-7-17-14-19(12-11-16(17)6-1)25-23-20-9-3-4-10-21(20)26-22(27-23)18-8-5-13-24-15-18;/h1-10,13,15,19H,11-12,14H2,(H,25,26,27);1H2/t19-;/m0./s1. The van der Waals surface area contributed by atoms with E-state index in [1.165, 1.54) is 11.1 Å². The van der Waals surface area contributed by atoms with Crippen LogP contribution in [0.15, 0.2) is 73.1 Å². The highest BCUT2D eigenvalue weighted by Gasteiger charge is 2.20. The van der Waals surface area contributed by atoms with Crippen molar-refractivity contribution in [1.82, 2.24) is 15.0 Å². The molecule has 0 aliphatic heterocycles. The highest BCUT2D eigenvalue weighted by Crippen LogP contribution is 2.28. The number of para-hydroxylation sites is 1. The first-order valence-electron chi connectivity index (χ1n) is 9.37. The Hall–Kier alpha value is -2.92. The van der Waals surface area contributed by atoms with Gasteiger partial charge in [-0.1, -0.05) is 36.4 Å². The van der Waals surface area contributed by atoms with Gasteiger partial charge in [-0.15, -0.1) is 0 Å². The molecule has 2 heterocycles. The number of fused-ring (bicyclic) bond motifs is 2. The second-order valence-corrected chi connectivity index (χ2v) is 7.01. The fraction of sp³-hybridized carbons (Fsp3) is 0.174. The van der Waals surface area contributed by atoms with E-state index in [0.717, 1.165) is 41.5 Å². The zero-order chi connectivity index (χ0) is 18.1. The van der Waals surface area contributed by atoms with Crippen molar-refractivity contribution in [2.24, 2.45) is 0 Å². The lowest BCUT2D eigenvalue weighted by molar-refractivity contribution is 0.609. The molecule has 0 fully saturated rings. The number of nitrogens with zero attached hydrogens (tertiary/aromatic N) is 3. The van der Waals surface area contributed by atoms with Crippen molar-refractivity contribution in [3.8, 4) is 11.4 Å². The molecule has 0 bridgehead atoms. The van der Waals surface area contributed by atoms with Crippen LogP contribution in [-0.4, -0.2) is 21.0 Å². The summed E-state index contributed by atoms with van der Waals surface area (Å²) in [5, 5.41) is 4.76. The van der Waals surface area contributed by atoms with Gasteiger partial charge >= 0.3 is 0 Å². The van der Waals surface area contributed by atoms with Gasteiger partial charge in [0.2, 0.25) is 0 Å². The average Bonchev–Trinajstić information content (AvgIpc) is 2.74. The lowest BCUT2D eigenvalue weighted by Gasteiger charge is -2.26. The van der Waals surface area contributed by atoms with Gasteiger partial charge in [-0.25, -0.2) is 9.97 Å². The molecular formula is C23H22N4S. The van der Waals surface area contributed by atoms with Crippen LogP contribution in [0.1, 0.15) is 17.5 Å². The number of rotatable bonds is 3. The first kappa shape index (κ1) is 18.4. The van der Waals surface area contributed by atoms with Gasteiger partial charge in [-0.2, -0.15) is 13.5 Å². The van der Waals surface area contributed by atoms with Crippen molar-refractivity contribution in [2.75, 3.05) is 5.32 Å². The van der Waals surface area contributed by atoms with Crippen LogP contribution in [-0.2, 0) is 12.8 Å².